The summed E-state index contributed by atoms with van der Waals surface area (Å²) in [5.74, 6) is 0.829. The molecule has 0 amide bonds. The second-order valence-corrected chi connectivity index (χ2v) is 4.38. The largest absolute Gasteiger partial charge is 0.496 e. The summed E-state index contributed by atoms with van der Waals surface area (Å²) >= 11 is 0. The van der Waals surface area contributed by atoms with Crippen LogP contribution >= 0.6 is 0 Å². The molecule has 3 nitrogen and oxygen atoms in total. The molecule has 2 atom stereocenters. The van der Waals surface area contributed by atoms with Crippen molar-refractivity contribution in [3.8, 4) is 5.75 Å². The van der Waals surface area contributed by atoms with Gasteiger partial charge in [0.25, 0.3) is 0 Å². The monoisotopic (exact) mass is 223 g/mol. The van der Waals surface area contributed by atoms with Crippen molar-refractivity contribution in [2.45, 2.75) is 31.7 Å². The van der Waals surface area contributed by atoms with Gasteiger partial charge in [0, 0.05) is 23.6 Å². The molecule has 1 aromatic rings. The first-order chi connectivity index (χ1) is 7.56. The molecule has 0 aromatic heterocycles. The Bertz CT molecular complexity index is 338. The maximum absolute atomic E-state index is 9.18. The van der Waals surface area contributed by atoms with Gasteiger partial charge in [0.05, 0.1) is 7.11 Å². The van der Waals surface area contributed by atoms with Crippen LogP contribution in [0.2, 0.25) is 0 Å². The maximum atomic E-state index is 9.18. The van der Waals surface area contributed by atoms with Gasteiger partial charge in [0.1, 0.15) is 5.75 Å². The molecule has 1 rings (SSSR count). The lowest BCUT2D eigenvalue weighted by Gasteiger charge is -2.34. The van der Waals surface area contributed by atoms with Gasteiger partial charge in [-0.05, 0) is 19.4 Å². The third-order valence-electron chi connectivity index (χ3n) is 3.36. The van der Waals surface area contributed by atoms with Crippen molar-refractivity contribution in [3.05, 3.63) is 29.8 Å². The molecule has 0 fully saturated rings. The van der Waals surface area contributed by atoms with Gasteiger partial charge in [-0.2, -0.15) is 0 Å². The number of rotatable bonds is 5. The van der Waals surface area contributed by atoms with Gasteiger partial charge in [-0.25, -0.2) is 0 Å². The summed E-state index contributed by atoms with van der Waals surface area (Å²) in [6.07, 6.45) is 0.630. The van der Waals surface area contributed by atoms with E-state index in [2.05, 4.69) is 6.92 Å². The van der Waals surface area contributed by atoms with E-state index >= 15 is 0 Å². The third-order valence-corrected chi connectivity index (χ3v) is 3.36. The molecule has 0 saturated heterocycles. The topological polar surface area (TPSA) is 55.5 Å². The van der Waals surface area contributed by atoms with Crippen LogP contribution in [0.25, 0.3) is 0 Å². The quantitative estimate of drug-likeness (QED) is 0.798. The molecule has 0 aliphatic carbocycles. The molecule has 2 unspecified atom stereocenters. The molecule has 3 heteroatoms. The van der Waals surface area contributed by atoms with Crippen molar-refractivity contribution in [2.24, 2.45) is 5.73 Å². The van der Waals surface area contributed by atoms with Crippen LogP contribution in [0.1, 0.15) is 25.8 Å². The van der Waals surface area contributed by atoms with E-state index in [0.29, 0.717) is 6.42 Å². The van der Waals surface area contributed by atoms with E-state index in [1.807, 2.05) is 31.2 Å². The number of nitrogens with two attached hydrogens (primary N) is 1. The van der Waals surface area contributed by atoms with Crippen LogP contribution in [-0.4, -0.2) is 24.9 Å². The lowest BCUT2D eigenvalue weighted by Crippen LogP contribution is -2.42. The molecule has 1 aromatic carbocycles. The highest BCUT2D eigenvalue weighted by atomic mass is 16.5. The lowest BCUT2D eigenvalue weighted by atomic mass is 9.74. The van der Waals surface area contributed by atoms with Crippen LogP contribution in [0.3, 0.4) is 0 Å². The van der Waals surface area contributed by atoms with Crippen molar-refractivity contribution in [2.75, 3.05) is 13.7 Å². The predicted octanol–water partition coefficient (Wildman–Crippen LogP) is 1.68. The third kappa shape index (κ3) is 2.36. The van der Waals surface area contributed by atoms with Crippen LogP contribution in [0.4, 0.5) is 0 Å². The number of hydrogen-bond donors (Lipinski definition) is 2. The van der Waals surface area contributed by atoms with Gasteiger partial charge in [-0.15, -0.1) is 0 Å². The van der Waals surface area contributed by atoms with Gasteiger partial charge in [0.2, 0.25) is 0 Å². The van der Waals surface area contributed by atoms with Gasteiger partial charge < -0.3 is 15.6 Å². The van der Waals surface area contributed by atoms with E-state index < -0.39 is 0 Å². The molecule has 90 valence electrons. The second-order valence-electron chi connectivity index (χ2n) is 4.38. The molecule has 3 N–H and O–H groups in total. The number of ether oxygens (including phenoxy) is 1. The maximum Gasteiger partial charge on any atom is 0.122 e. The van der Waals surface area contributed by atoms with Gasteiger partial charge in [-0.1, -0.05) is 25.1 Å². The smallest absolute Gasteiger partial charge is 0.122 e. The number of aliphatic hydroxyl groups excluding tert-OH is 1. The van der Waals surface area contributed by atoms with Crippen LogP contribution < -0.4 is 10.5 Å². The van der Waals surface area contributed by atoms with Crippen LogP contribution in [0.15, 0.2) is 24.3 Å². The molecular formula is C13H21NO2. The molecular weight excluding hydrogens is 202 g/mol. The van der Waals surface area contributed by atoms with Crippen molar-refractivity contribution >= 4 is 0 Å². The highest BCUT2D eigenvalue weighted by Crippen LogP contribution is 2.36. The molecule has 0 heterocycles. The number of hydrogen-bond acceptors (Lipinski definition) is 3. The molecule has 0 spiro atoms. The standard InChI is InChI=1S/C13H21NO2/c1-10(14)13(2,8-9-15)11-6-4-5-7-12(11)16-3/h4-7,10,15H,8-9,14H2,1-3H3. The summed E-state index contributed by atoms with van der Waals surface area (Å²) in [4.78, 5) is 0. The van der Waals surface area contributed by atoms with Crippen molar-refractivity contribution in [1.29, 1.82) is 0 Å². The highest BCUT2D eigenvalue weighted by Gasteiger charge is 2.32. The molecule has 0 aliphatic heterocycles. The number of aliphatic hydroxyl groups is 1. The molecule has 0 radical (unpaired) electrons. The van der Waals surface area contributed by atoms with E-state index in [9.17, 15) is 5.11 Å². The first-order valence-corrected chi connectivity index (χ1v) is 5.56. The van der Waals surface area contributed by atoms with Gasteiger partial charge >= 0.3 is 0 Å². The van der Waals surface area contributed by atoms with E-state index in [0.717, 1.165) is 11.3 Å². The molecule has 0 aliphatic rings. The Balaban J connectivity index is 3.20. The molecule has 0 saturated carbocycles. The Hall–Kier alpha value is -1.06. The van der Waals surface area contributed by atoms with Gasteiger partial charge in [0.15, 0.2) is 0 Å². The Labute approximate surface area is 97.2 Å². The second kappa shape index (κ2) is 5.32. The average Bonchev–Trinajstić information content (AvgIpc) is 2.29. The van der Waals surface area contributed by atoms with E-state index in [-0.39, 0.29) is 18.1 Å². The molecule has 0 bridgehead atoms. The Morgan fingerprint density at radius 2 is 2.06 bits per heavy atom. The zero-order valence-corrected chi connectivity index (χ0v) is 10.2. The van der Waals surface area contributed by atoms with Crippen LogP contribution in [0, 0.1) is 0 Å². The van der Waals surface area contributed by atoms with Crippen LogP contribution in [0.5, 0.6) is 5.75 Å². The average molecular weight is 223 g/mol. The van der Waals surface area contributed by atoms with Crippen molar-refractivity contribution < 1.29 is 9.84 Å². The molecule has 16 heavy (non-hydrogen) atoms. The van der Waals surface area contributed by atoms with Crippen molar-refractivity contribution in [1.82, 2.24) is 0 Å². The predicted molar refractivity (Wildman–Crippen MR) is 65.7 cm³/mol. The zero-order chi connectivity index (χ0) is 12.2. The lowest BCUT2D eigenvalue weighted by molar-refractivity contribution is 0.226. The number of para-hydroxylation sites is 1. The minimum atomic E-state index is -0.263. The van der Waals surface area contributed by atoms with Crippen LogP contribution in [-0.2, 0) is 5.41 Å². The fraction of sp³-hybridized carbons (Fsp3) is 0.538. The summed E-state index contributed by atoms with van der Waals surface area (Å²) in [6.45, 7) is 4.14. The van der Waals surface area contributed by atoms with E-state index in [1.165, 1.54) is 0 Å². The summed E-state index contributed by atoms with van der Waals surface area (Å²) in [5.41, 5.74) is 6.84. The Morgan fingerprint density at radius 1 is 1.44 bits per heavy atom. The SMILES string of the molecule is COc1ccccc1C(C)(CCO)C(C)N. The fourth-order valence-corrected chi connectivity index (χ4v) is 1.96. The summed E-state index contributed by atoms with van der Waals surface area (Å²) in [7, 11) is 1.65. The minimum absolute atomic E-state index is 0.0454. The zero-order valence-electron chi connectivity index (χ0n) is 10.2. The number of methoxy groups -OCH3 is 1. The van der Waals surface area contributed by atoms with E-state index in [1.54, 1.807) is 7.11 Å². The van der Waals surface area contributed by atoms with Crippen molar-refractivity contribution in [3.63, 3.8) is 0 Å². The minimum Gasteiger partial charge on any atom is -0.496 e. The van der Waals surface area contributed by atoms with Gasteiger partial charge in [-0.3, -0.25) is 0 Å². The summed E-state index contributed by atoms with van der Waals surface area (Å²) in [6, 6.07) is 7.79. The summed E-state index contributed by atoms with van der Waals surface area (Å²) < 4.78 is 5.35. The highest BCUT2D eigenvalue weighted by molar-refractivity contribution is 5.40. The summed E-state index contributed by atoms with van der Waals surface area (Å²) in [5, 5.41) is 9.18. The van der Waals surface area contributed by atoms with E-state index in [4.69, 9.17) is 10.5 Å². The Kier molecular flexibility index (Phi) is 4.33. The normalized spacial score (nSPS) is 16.6. The first-order valence-electron chi connectivity index (χ1n) is 5.56. The fourth-order valence-electron chi connectivity index (χ4n) is 1.96. The first kappa shape index (κ1) is 13.0. The Morgan fingerprint density at radius 3 is 2.56 bits per heavy atom. The number of benzene rings is 1.